The average molecular weight is 479 g/mol. The molecule has 2 saturated heterocycles. The molecule has 0 aromatic heterocycles. The van der Waals surface area contributed by atoms with Crippen LogP contribution in [0.4, 0.5) is 5.69 Å². The maximum absolute atomic E-state index is 12.9. The highest BCUT2D eigenvalue weighted by Crippen LogP contribution is 2.56. The molecule has 2 heterocycles. The van der Waals surface area contributed by atoms with Crippen LogP contribution in [0.25, 0.3) is 0 Å². The van der Waals surface area contributed by atoms with E-state index in [9.17, 15) is 9.90 Å². The SMILES string of the molecule is C[C@@H]1CCC=C2C[C@H]3OC(=O)[C@@H](CN4CCN(c5ccc(Cl)c(Cl)c5)CC4)[C@@H]3[C@H](O)[C@@]21C. The minimum absolute atomic E-state index is 0.127. The summed E-state index contributed by atoms with van der Waals surface area (Å²) in [4.78, 5) is 17.5. The Morgan fingerprint density at radius 1 is 1.19 bits per heavy atom. The number of halogens is 2. The number of hydrogen-bond acceptors (Lipinski definition) is 5. The Balaban J connectivity index is 1.27. The largest absolute Gasteiger partial charge is 0.461 e. The van der Waals surface area contributed by atoms with E-state index in [1.165, 1.54) is 5.57 Å². The summed E-state index contributed by atoms with van der Waals surface area (Å²) >= 11 is 12.2. The normalized spacial score (nSPS) is 37.5. The lowest BCUT2D eigenvalue weighted by atomic mass is 9.55. The lowest BCUT2D eigenvalue weighted by Gasteiger charge is -2.52. The van der Waals surface area contributed by atoms with Gasteiger partial charge < -0.3 is 14.7 Å². The number of piperazine rings is 1. The molecule has 32 heavy (non-hydrogen) atoms. The van der Waals surface area contributed by atoms with Crippen LogP contribution >= 0.6 is 23.2 Å². The van der Waals surface area contributed by atoms with Gasteiger partial charge in [0.2, 0.25) is 0 Å². The van der Waals surface area contributed by atoms with Gasteiger partial charge in [0.15, 0.2) is 0 Å². The van der Waals surface area contributed by atoms with Crippen molar-refractivity contribution >= 4 is 34.9 Å². The summed E-state index contributed by atoms with van der Waals surface area (Å²) in [6.45, 7) is 8.52. The number of aliphatic hydroxyl groups is 1. The van der Waals surface area contributed by atoms with E-state index in [0.717, 1.165) is 51.1 Å². The second-order valence-electron chi connectivity index (χ2n) is 10.2. The summed E-state index contributed by atoms with van der Waals surface area (Å²) in [5.74, 6) is -0.122. The van der Waals surface area contributed by atoms with Gasteiger partial charge in [0.05, 0.1) is 22.1 Å². The number of aliphatic hydroxyl groups excluding tert-OH is 1. The third-order valence-electron chi connectivity index (χ3n) is 8.67. The number of anilines is 1. The van der Waals surface area contributed by atoms with Crippen molar-refractivity contribution in [1.29, 1.82) is 0 Å². The first kappa shape index (κ1) is 22.5. The summed E-state index contributed by atoms with van der Waals surface area (Å²) in [6, 6.07) is 5.74. The Morgan fingerprint density at radius 2 is 1.94 bits per heavy atom. The monoisotopic (exact) mass is 478 g/mol. The summed E-state index contributed by atoms with van der Waals surface area (Å²) < 4.78 is 5.83. The predicted octanol–water partition coefficient (Wildman–Crippen LogP) is 4.40. The van der Waals surface area contributed by atoms with Gasteiger partial charge >= 0.3 is 5.97 Å². The Kier molecular flexibility index (Phi) is 5.98. The molecule has 7 heteroatoms. The molecular formula is C25H32Cl2N2O3. The highest BCUT2D eigenvalue weighted by molar-refractivity contribution is 6.42. The quantitative estimate of drug-likeness (QED) is 0.515. The second-order valence-corrected chi connectivity index (χ2v) is 11.0. The molecular weight excluding hydrogens is 447 g/mol. The smallest absolute Gasteiger partial charge is 0.311 e. The molecule has 3 fully saturated rings. The molecule has 2 aliphatic carbocycles. The van der Waals surface area contributed by atoms with Crippen LogP contribution in [0.15, 0.2) is 29.8 Å². The van der Waals surface area contributed by atoms with Crippen LogP contribution in [0.5, 0.6) is 0 Å². The van der Waals surface area contributed by atoms with Crippen molar-refractivity contribution in [1.82, 2.24) is 4.90 Å². The predicted molar refractivity (Wildman–Crippen MR) is 127 cm³/mol. The van der Waals surface area contributed by atoms with E-state index in [-0.39, 0.29) is 29.3 Å². The number of hydrogen-bond donors (Lipinski definition) is 1. The number of carbonyl (C=O) groups is 1. The molecule has 0 spiro atoms. The fourth-order valence-corrected chi connectivity index (χ4v) is 6.71. The first-order valence-corrected chi connectivity index (χ1v) is 12.5. The summed E-state index contributed by atoms with van der Waals surface area (Å²) in [5.41, 5.74) is 2.10. The second kappa shape index (κ2) is 8.50. The van der Waals surface area contributed by atoms with Crippen molar-refractivity contribution < 1.29 is 14.6 Å². The van der Waals surface area contributed by atoms with Crippen molar-refractivity contribution in [2.45, 2.75) is 45.3 Å². The number of rotatable bonds is 3. The fraction of sp³-hybridized carbons (Fsp3) is 0.640. The Labute approximate surface area is 200 Å². The van der Waals surface area contributed by atoms with Crippen molar-refractivity contribution in [2.24, 2.45) is 23.2 Å². The first-order valence-electron chi connectivity index (χ1n) is 11.8. The zero-order valence-electron chi connectivity index (χ0n) is 18.8. The molecule has 0 radical (unpaired) electrons. The molecule has 4 aliphatic rings. The Morgan fingerprint density at radius 3 is 2.66 bits per heavy atom. The van der Waals surface area contributed by atoms with Crippen LogP contribution in [0, 0.1) is 23.2 Å². The number of benzene rings is 1. The average Bonchev–Trinajstić information content (AvgIpc) is 3.08. The van der Waals surface area contributed by atoms with E-state index in [2.05, 4.69) is 29.7 Å². The highest BCUT2D eigenvalue weighted by Gasteiger charge is 2.59. The molecule has 1 aromatic rings. The minimum atomic E-state index is -0.545. The lowest BCUT2D eigenvalue weighted by molar-refractivity contribution is -0.145. The van der Waals surface area contributed by atoms with Crippen LogP contribution < -0.4 is 4.90 Å². The highest BCUT2D eigenvalue weighted by atomic mass is 35.5. The summed E-state index contributed by atoms with van der Waals surface area (Å²) in [5, 5.41) is 12.7. The Hall–Kier alpha value is -1.27. The van der Waals surface area contributed by atoms with Crippen molar-refractivity contribution in [2.75, 3.05) is 37.6 Å². The first-order chi connectivity index (χ1) is 15.3. The van der Waals surface area contributed by atoms with Crippen molar-refractivity contribution in [3.05, 3.63) is 39.9 Å². The molecule has 6 atom stereocenters. The van der Waals surface area contributed by atoms with E-state index in [1.54, 1.807) is 0 Å². The van der Waals surface area contributed by atoms with Crippen LogP contribution in [0.1, 0.15) is 33.1 Å². The number of fused-ring (bicyclic) bond motifs is 2. The van der Waals surface area contributed by atoms with Gasteiger partial charge in [-0.1, -0.05) is 48.7 Å². The molecule has 0 bridgehead atoms. The van der Waals surface area contributed by atoms with Crippen LogP contribution in [-0.4, -0.2) is 60.9 Å². The van der Waals surface area contributed by atoms with E-state index in [0.29, 0.717) is 22.5 Å². The number of carbonyl (C=O) groups excluding carboxylic acids is 1. The van der Waals surface area contributed by atoms with Gasteiger partial charge in [0.25, 0.3) is 0 Å². The number of allylic oxidation sites excluding steroid dienone is 1. The van der Waals surface area contributed by atoms with Crippen molar-refractivity contribution in [3.8, 4) is 0 Å². The third-order valence-corrected chi connectivity index (χ3v) is 9.40. The topological polar surface area (TPSA) is 53.0 Å². The van der Waals surface area contributed by atoms with Gasteiger partial charge in [0, 0.05) is 56.2 Å². The van der Waals surface area contributed by atoms with Gasteiger partial charge in [0.1, 0.15) is 6.10 Å². The zero-order valence-corrected chi connectivity index (χ0v) is 20.3. The molecule has 5 nitrogen and oxygen atoms in total. The fourth-order valence-electron chi connectivity index (χ4n) is 6.42. The summed E-state index contributed by atoms with van der Waals surface area (Å²) in [6.07, 6.45) is 4.46. The van der Waals surface area contributed by atoms with Crippen LogP contribution in [0.2, 0.25) is 10.0 Å². The number of nitrogens with zero attached hydrogens (tertiary/aromatic N) is 2. The molecule has 0 amide bonds. The van der Waals surface area contributed by atoms with E-state index in [1.807, 2.05) is 18.2 Å². The minimum Gasteiger partial charge on any atom is -0.461 e. The maximum Gasteiger partial charge on any atom is 0.311 e. The molecule has 2 aliphatic heterocycles. The van der Waals surface area contributed by atoms with Gasteiger partial charge in [-0.25, -0.2) is 0 Å². The van der Waals surface area contributed by atoms with Gasteiger partial charge in [-0.15, -0.1) is 0 Å². The van der Waals surface area contributed by atoms with E-state index < -0.39 is 6.10 Å². The molecule has 0 unspecified atom stereocenters. The lowest BCUT2D eigenvalue weighted by Crippen LogP contribution is -2.55. The van der Waals surface area contributed by atoms with E-state index >= 15 is 0 Å². The zero-order chi connectivity index (χ0) is 22.6. The van der Waals surface area contributed by atoms with Gasteiger partial charge in [-0.2, -0.15) is 0 Å². The van der Waals surface area contributed by atoms with Crippen LogP contribution in [0.3, 0.4) is 0 Å². The molecule has 1 aromatic carbocycles. The third kappa shape index (κ3) is 3.66. The summed E-state index contributed by atoms with van der Waals surface area (Å²) in [7, 11) is 0. The molecule has 5 rings (SSSR count). The van der Waals surface area contributed by atoms with Crippen LogP contribution in [-0.2, 0) is 9.53 Å². The molecule has 1 N–H and O–H groups in total. The number of esters is 1. The molecule has 174 valence electrons. The molecule has 1 saturated carbocycles. The standard InChI is InChI=1S/C25H32Cl2N2O3/c1-15-4-3-5-16-12-21-22(23(30)25(15,16)2)18(24(31)32-21)14-28-8-10-29(11-9-28)17-6-7-19(26)20(27)13-17/h5-7,13,15,18,21-23,30H,3-4,8-12,14H2,1-2H3/t15-,18+,21-,22+,23+,25-/m1/s1. The van der Waals surface area contributed by atoms with E-state index in [4.69, 9.17) is 27.9 Å². The maximum atomic E-state index is 12.9. The van der Waals surface area contributed by atoms with Gasteiger partial charge in [-0.3, -0.25) is 9.69 Å². The Bertz CT molecular complexity index is 930. The number of ether oxygens (including phenoxy) is 1. The van der Waals surface area contributed by atoms with Crippen molar-refractivity contribution in [3.63, 3.8) is 0 Å². The van der Waals surface area contributed by atoms with Gasteiger partial charge in [-0.05, 0) is 37.0 Å².